The van der Waals surface area contributed by atoms with Crippen LogP contribution in [0.25, 0.3) is 16.8 Å². The Hall–Kier alpha value is -2.17. The quantitative estimate of drug-likeness (QED) is 0.754. The van der Waals surface area contributed by atoms with Crippen molar-refractivity contribution in [2.45, 2.75) is 13.5 Å². The summed E-state index contributed by atoms with van der Waals surface area (Å²) in [5.41, 5.74) is 4.58. The fourth-order valence-electron chi connectivity index (χ4n) is 2.35. The lowest BCUT2D eigenvalue weighted by molar-refractivity contribution is 0.277. The van der Waals surface area contributed by atoms with Crippen LogP contribution in [-0.2, 0) is 6.61 Å². The summed E-state index contributed by atoms with van der Waals surface area (Å²) in [6.07, 6.45) is 3.65. The molecule has 0 aliphatic heterocycles. The Labute approximate surface area is 127 Å². The fraction of sp³-hybridized carbons (Fsp3) is 0.125. The molecule has 1 aromatic carbocycles. The third kappa shape index (κ3) is 2.68. The van der Waals surface area contributed by atoms with Gasteiger partial charge in [0.15, 0.2) is 0 Å². The van der Waals surface area contributed by atoms with E-state index in [4.69, 9.17) is 11.6 Å². The molecule has 5 heteroatoms. The zero-order valence-electron chi connectivity index (χ0n) is 11.5. The van der Waals surface area contributed by atoms with Crippen molar-refractivity contribution in [3.05, 3.63) is 65.2 Å². The zero-order chi connectivity index (χ0) is 14.8. The second kappa shape index (κ2) is 5.68. The van der Waals surface area contributed by atoms with Crippen LogP contribution in [0.3, 0.4) is 0 Å². The number of benzene rings is 1. The van der Waals surface area contributed by atoms with E-state index in [1.165, 1.54) is 0 Å². The van der Waals surface area contributed by atoms with Gasteiger partial charge in [-0.2, -0.15) is 5.10 Å². The first-order valence-corrected chi connectivity index (χ1v) is 6.94. The molecule has 2 heterocycles. The fourth-order valence-corrected chi connectivity index (χ4v) is 2.52. The minimum atomic E-state index is -0.143. The van der Waals surface area contributed by atoms with Gasteiger partial charge in [-0.05, 0) is 48.4 Å². The summed E-state index contributed by atoms with van der Waals surface area (Å²) < 4.78 is 1.81. The predicted octanol–water partition coefficient (Wildman–Crippen LogP) is 3.39. The Bertz CT molecular complexity index is 769. The molecule has 2 aromatic heterocycles. The number of aryl methyl sites for hydroxylation is 1. The highest BCUT2D eigenvalue weighted by molar-refractivity contribution is 6.29. The topological polar surface area (TPSA) is 50.9 Å². The van der Waals surface area contributed by atoms with Crippen molar-refractivity contribution in [2.75, 3.05) is 0 Å². The van der Waals surface area contributed by atoms with Gasteiger partial charge in [-0.1, -0.05) is 17.7 Å². The minimum absolute atomic E-state index is 0.143. The maximum absolute atomic E-state index is 9.46. The van der Waals surface area contributed by atoms with E-state index >= 15 is 0 Å². The Morgan fingerprint density at radius 1 is 1.19 bits per heavy atom. The van der Waals surface area contributed by atoms with Gasteiger partial charge in [0, 0.05) is 18.0 Å². The standard InChI is InChI=1S/C16H14ClN3O/c1-11-9-12(20-8-2-7-18-20)3-4-13(11)14-5-6-16(17)19-15(14)10-21/h2-9,21H,10H2,1H3. The Kier molecular flexibility index (Phi) is 3.73. The number of pyridine rings is 1. The van der Waals surface area contributed by atoms with E-state index in [2.05, 4.69) is 16.1 Å². The summed E-state index contributed by atoms with van der Waals surface area (Å²) in [5.74, 6) is 0. The van der Waals surface area contributed by atoms with Crippen molar-refractivity contribution in [3.8, 4) is 16.8 Å². The third-order valence-electron chi connectivity index (χ3n) is 3.36. The van der Waals surface area contributed by atoms with E-state index < -0.39 is 0 Å². The van der Waals surface area contributed by atoms with Crippen molar-refractivity contribution >= 4 is 11.6 Å². The monoisotopic (exact) mass is 299 g/mol. The zero-order valence-corrected chi connectivity index (χ0v) is 12.2. The maximum Gasteiger partial charge on any atom is 0.129 e. The van der Waals surface area contributed by atoms with Crippen LogP contribution < -0.4 is 0 Å². The van der Waals surface area contributed by atoms with Crippen LogP contribution in [0, 0.1) is 6.92 Å². The van der Waals surface area contributed by atoms with Crippen LogP contribution in [0.15, 0.2) is 48.8 Å². The first kappa shape index (κ1) is 13.8. The second-order valence-corrected chi connectivity index (χ2v) is 5.12. The molecule has 0 unspecified atom stereocenters. The van der Waals surface area contributed by atoms with Crippen LogP contribution >= 0.6 is 11.6 Å². The maximum atomic E-state index is 9.46. The number of rotatable bonds is 3. The van der Waals surface area contributed by atoms with Crippen molar-refractivity contribution in [2.24, 2.45) is 0 Å². The molecule has 0 amide bonds. The second-order valence-electron chi connectivity index (χ2n) is 4.74. The first-order valence-electron chi connectivity index (χ1n) is 6.56. The highest BCUT2D eigenvalue weighted by Crippen LogP contribution is 2.28. The molecule has 0 aliphatic rings. The molecule has 0 saturated carbocycles. The molecule has 21 heavy (non-hydrogen) atoms. The Morgan fingerprint density at radius 3 is 2.67 bits per heavy atom. The molecule has 3 rings (SSSR count). The molecule has 0 atom stereocenters. The summed E-state index contributed by atoms with van der Waals surface area (Å²) in [7, 11) is 0. The lowest BCUT2D eigenvalue weighted by atomic mass is 9.99. The average Bonchev–Trinajstić information content (AvgIpc) is 3.01. The molecule has 4 nitrogen and oxygen atoms in total. The van der Waals surface area contributed by atoms with Crippen LogP contribution in [0.2, 0.25) is 5.15 Å². The van der Waals surface area contributed by atoms with Gasteiger partial charge < -0.3 is 5.11 Å². The number of aromatic nitrogens is 3. The largest absolute Gasteiger partial charge is 0.390 e. The number of aliphatic hydroxyl groups excluding tert-OH is 1. The lowest BCUT2D eigenvalue weighted by Gasteiger charge is -2.12. The molecule has 0 bridgehead atoms. The van der Waals surface area contributed by atoms with Gasteiger partial charge in [0.05, 0.1) is 18.0 Å². The summed E-state index contributed by atoms with van der Waals surface area (Å²) >= 11 is 5.88. The van der Waals surface area contributed by atoms with Crippen LogP contribution in [0.5, 0.6) is 0 Å². The molecule has 0 spiro atoms. The molecule has 0 radical (unpaired) electrons. The molecule has 3 aromatic rings. The minimum Gasteiger partial charge on any atom is -0.390 e. The molecule has 1 N–H and O–H groups in total. The molecule has 0 fully saturated rings. The van der Waals surface area contributed by atoms with Gasteiger partial charge in [0.2, 0.25) is 0 Å². The average molecular weight is 300 g/mol. The van der Waals surface area contributed by atoms with Crippen LogP contribution in [0.1, 0.15) is 11.3 Å². The Morgan fingerprint density at radius 2 is 2.00 bits per heavy atom. The van der Waals surface area contributed by atoms with E-state index in [0.717, 1.165) is 22.4 Å². The summed E-state index contributed by atoms with van der Waals surface area (Å²) in [5, 5.41) is 14.1. The lowest BCUT2D eigenvalue weighted by Crippen LogP contribution is -1.98. The normalized spacial score (nSPS) is 10.8. The van der Waals surface area contributed by atoms with Crippen molar-refractivity contribution in [1.82, 2.24) is 14.8 Å². The first-order chi connectivity index (χ1) is 10.2. The summed E-state index contributed by atoms with van der Waals surface area (Å²) in [6, 6.07) is 11.6. The van der Waals surface area contributed by atoms with Gasteiger partial charge in [0.25, 0.3) is 0 Å². The smallest absolute Gasteiger partial charge is 0.129 e. The van der Waals surface area contributed by atoms with E-state index in [9.17, 15) is 5.11 Å². The van der Waals surface area contributed by atoms with E-state index in [1.54, 1.807) is 12.3 Å². The molecular weight excluding hydrogens is 286 g/mol. The highest BCUT2D eigenvalue weighted by Gasteiger charge is 2.10. The van der Waals surface area contributed by atoms with Crippen LogP contribution in [0.4, 0.5) is 0 Å². The van der Waals surface area contributed by atoms with E-state index in [-0.39, 0.29) is 6.61 Å². The number of nitrogens with zero attached hydrogens (tertiary/aromatic N) is 3. The predicted molar refractivity (Wildman–Crippen MR) is 82.5 cm³/mol. The number of hydrogen-bond donors (Lipinski definition) is 1. The summed E-state index contributed by atoms with van der Waals surface area (Å²) in [6.45, 7) is 1.88. The highest BCUT2D eigenvalue weighted by atomic mass is 35.5. The van der Waals surface area contributed by atoms with Gasteiger partial charge >= 0.3 is 0 Å². The van der Waals surface area contributed by atoms with Gasteiger partial charge in [-0.15, -0.1) is 0 Å². The molecular formula is C16H14ClN3O. The van der Waals surface area contributed by atoms with Crippen molar-refractivity contribution < 1.29 is 5.11 Å². The van der Waals surface area contributed by atoms with Crippen molar-refractivity contribution in [1.29, 1.82) is 0 Å². The van der Waals surface area contributed by atoms with E-state index in [0.29, 0.717) is 10.8 Å². The van der Waals surface area contributed by atoms with Gasteiger partial charge in [-0.25, -0.2) is 9.67 Å². The van der Waals surface area contributed by atoms with Crippen molar-refractivity contribution in [3.63, 3.8) is 0 Å². The van der Waals surface area contributed by atoms with Gasteiger partial charge in [0.1, 0.15) is 5.15 Å². The molecule has 0 aliphatic carbocycles. The number of aliphatic hydroxyl groups is 1. The van der Waals surface area contributed by atoms with E-state index in [1.807, 2.05) is 42.1 Å². The number of halogens is 1. The van der Waals surface area contributed by atoms with Crippen LogP contribution in [-0.4, -0.2) is 19.9 Å². The SMILES string of the molecule is Cc1cc(-n2cccn2)ccc1-c1ccc(Cl)nc1CO. The molecule has 0 saturated heterocycles. The summed E-state index contributed by atoms with van der Waals surface area (Å²) in [4.78, 5) is 4.18. The third-order valence-corrected chi connectivity index (χ3v) is 3.57. The van der Waals surface area contributed by atoms with Gasteiger partial charge in [-0.3, -0.25) is 0 Å². The number of hydrogen-bond acceptors (Lipinski definition) is 3. The Balaban J connectivity index is 2.08. The molecule has 106 valence electrons.